The van der Waals surface area contributed by atoms with Crippen molar-refractivity contribution in [2.45, 2.75) is 6.92 Å². The lowest BCUT2D eigenvalue weighted by Crippen LogP contribution is -1.84. The van der Waals surface area contributed by atoms with Crippen molar-refractivity contribution < 1.29 is 0 Å². The van der Waals surface area contributed by atoms with Gasteiger partial charge in [0.25, 0.3) is 0 Å². The number of aryl methyl sites for hydroxylation is 1. The van der Waals surface area contributed by atoms with Gasteiger partial charge >= 0.3 is 0 Å². The highest BCUT2D eigenvalue weighted by molar-refractivity contribution is 5.85. The van der Waals surface area contributed by atoms with Gasteiger partial charge in [0.15, 0.2) is 0 Å². The summed E-state index contributed by atoms with van der Waals surface area (Å²) in [5.41, 5.74) is 9.18. The van der Waals surface area contributed by atoms with E-state index in [-0.39, 0.29) is 0 Å². The van der Waals surface area contributed by atoms with E-state index in [4.69, 9.17) is 5.73 Å². The van der Waals surface area contributed by atoms with Gasteiger partial charge in [-0.1, -0.05) is 30.3 Å². The normalized spacial score (nSPS) is 11.2. The van der Waals surface area contributed by atoms with E-state index in [0.717, 1.165) is 28.0 Å². The lowest BCUT2D eigenvalue weighted by atomic mass is 10.1. The van der Waals surface area contributed by atoms with Crippen LogP contribution in [0.3, 0.4) is 0 Å². The molecule has 0 unspecified atom stereocenters. The molecule has 2 N–H and O–H groups in total. The molecule has 0 heterocycles. The predicted octanol–water partition coefficient (Wildman–Crippen LogP) is 5.15. The second-order valence-corrected chi connectivity index (χ2v) is 4.78. The van der Waals surface area contributed by atoms with Crippen LogP contribution in [-0.2, 0) is 0 Å². The van der Waals surface area contributed by atoms with Crippen LogP contribution in [0.1, 0.15) is 5.56 Å². The molecule has 3 nitrogen and oxygen atoms in total. The minimum Gasteiger partial charge on any atom is -0.399 e. The van der Waals surface area contributed by atoms with E-state index in [1.807, 2.05) is 49.4 Å². The molecule has 0 aliphatic rings. The number of azo groups is 1. The third-order valence-corrected chi connectivity index (χ3v) is 3.23. The molecule has 0 saturated heterocycles. The fraction of sp³-hybridized carbons (Fsp3) is 0.0588. The number of nitrogens with two attached hydrogens (primary N) is 1. The quantitative estimate of drug-likeness (QED) is 0.503. The number of nitrogens with zero attached hydrogens (tertiary/aromatic N) is 2. The Labute approximate surface area is 117 Å². The van der Waals surface area contributed by atoms with Gasteiger partial charge < -0.3 is 5.73 Å². The van der Waals surface area contributed by atoms with Crippen LogP contribution >= 0.6 is 0 Å². The molecule has 0 amide bonds. The van der Waals surface area contributed by atoms with Crippen LogP contribution in [0.5, 0.6) is 0 Å². The molecule has 3 aromatic rings. The topological polar surface area (TPSA) is 50.7 Å². The van der Waals surface area contributed by atoms with Gasteiger partial charge in [0.05, 0.1) is 11.4 Å². The number of rotatable bonds is 2. The van der Waals surface area contributed by atoms with Crippen LogP contribution in [0, 0.1) is 6.92 Å². The van der Waals surface area contributed by atoms with Crippen molar-refractivity contribution >= 4 is 27.8 Å². The summed E-state index contributed by atoms with van der Waals surface area (Å²) in [5, 5.41) is 11.0. The first kappa shape index (κ1) is 12.4. The van der Waals surface area contributed by atoms with Gasteiger partial charge in [-0.05, 0) is 53.6 Å². The monoisotopic (exact) mass is 261 g/mol. The predicted molar refractivity (Wildman–Crippen MR) is 83.7 cm³/mol. The standard InChI is InChI=1S/C17H15N3/c1-12-10-15(18)7-9-17(12)20-19-16-8-6-13-4-2-3-5-14(13)11-16/h2-11H,18H2,1H3. The number of hydrogen-bond donors (Lipinski definition) is 1. The molecule has 0 radical (unpaired) electrons. The maximum atomic E-state index is 5.72. The van der Waals surface area contributed by atoms with E-state index >= 15 is 0 Å². The van der Waals surface area contributed by atoms with Crippen LogP contribution in [0.15, 0.2) is 70.9 Å². The fourth-order valence-corrected chi connectivity index (χ4v) is 2.14. The zero-order valence-electron chi connectivity index (χ0n) is 11.2. The Balaban J connectivity index is 1.93. The number of anilines is 1. The van der Waals surface area contributed by atoms with Crippen molar-refractivity contribution in [1.82, 2.24) is 0 Å². The number of nitrogen functional groups attached to an aromatic ring is 1. The Morgan fingerprint density at radius 2 is 1.60 bits per heavy atom. The molecule has 0 saturated carbocycles. The van der Waals surface area contributed by atoms with Crippen molar-refractivity contribution in [2.24, 2.45) is 10.2 Å². The number of fused-ring (bicyclic) bond motifs is 1. The van der Waals surface area contributed by atoms with Crippen LogP contribution in [0.2, 0.25) is 0 Å². The van der Waals surface area contributed by atoms with Crippen molar-refractivity contribution in [3.63, 3.8) is 0 Å². The molecule has 3 rings (SSSR count). The first-order valence-corrected chi connectivity index (χ1v) is 6.49. The number of hydrogen-bond acceptors (Lipinski definition) is 3. The SMILES string of the molecule is Cc1cc(N)ccc1N=Nc1ccc2ccccc2c1. The average molecular weight is 261 g/mol. The van der Waals surface area contributed by atoms with Gasteiger partial charge in [-0.2, -0.15) is 10.2 Å². The zero-order chi connectivity index (χ0) is 13.9. The van der Waals surface area contributed by atoms with E-state index in [2.05, 4.69) is 28.4 Å². The molecular weight excluding hydrogens is 246 g/mol. The Morgan fingerprint density at radius 1 is 0.800 bits per heavy atom. The van der Waals surface area contributed by atoms with Gasteiger partial charge in [0.1, 0.15) is 0 Å². The lowest BCUT2D eigenvalue weighted by Gasteiger charge is -2.01. The smallest absolute Gasteiger partial charge is 0.0887 e. The van der Waals surface area contributed by atoms with E-state index in [0.29, 0.717) is 0 Å². The second kappa shape index (κ2) is 5.13. The van der Waals surface area contributed by atoms with Crippen molar-refractivity contribution in [3.05, 3.63) is 66.2 Å². The average Bonchev–Trinajstić information content (AvgIpc) is 2.46. The van der Waals surface area contributed by atoms with E-state index in [1.54, 1.807) is 0 Å². The summed E-state index contributed by atoms with van der Waals surface area (Å²) in [6, 6.07) is 19.9. The van der Waals surface area contributed by atoms with Crippen LogP contribution in [-0.4, -0.2) is 0 Å². The van der Waals surface area contributed by atoms with Gasteiger partial charge in [-0.25, -0.2) is 0 Å². The molecule has 0 atom stereocenters. The summed E-state index contributed by atoms with van der Waals surface area (Å²) in [7, 11) is 0. The highest BCUT2D eigenvalue weighted by Gasteiger charge is 1.98. The fourth-order valence-electron chi connectivity index (χ4n) is 2.14. The highest BCUT2D eigenvalue weighted by atomic mass is 15.1. The Morgan fingerprint density at radius 3 is 2.40 bits per heavy atom. The van der Waals surface area contributed by atoms with Crippen molar-refractivity contribution in [2.75, 3.05) is 5.73 Å². The van der Waals surface area contributed by atoms with E-state index in [9.17, 15) is 0 Å². The summed E-state index contributed by atoms with van der Waals surface area (Å²) >= 11 is 0. The Kier molecular flexibility index (Phi) is 3.17. The molecule has 3 heteroatoms. The summed E-state index contributed by atoms with van der Waals surface area (Å²) in [6.07, 6.45) is 0. The van der Waals surface area contributed by atoms with Gasteiger partial charge in [0, 0.05) is 5.69 Å². The van der Waals surface area contributed by atoms with Crippen LogP contribution in [0.25, 0.3) is 10.8 Å². The second-order valence-electron chi connectivity index (χ2n) is 4.78. The van der Waals surface area contributed by atoms with E-state index < -0.39 is 0 Å². The molecule has 20 heavy (non-hydrogen) atoms. The highest BCUT2D eigenvalue weighted by Crippen LogP contribution is 2.25. The maximum Gasteiger partial charge on any atom is 0.0887 e. The summed E-state index contributed by atoms with van der Waals surface area (Å²) < 4.78 is 0. The third-order valence-electron chi connectivity index (χ3n) is 3.23. The molecule has 0 aliphatic carbocycles. The van der Waals surface area contributed by atoms with E-state index in [1.165, 1.54) is 5.39 Å². The van der Waals surface area contributed by atoms with Gasteiger partial charge in [0.2, 0.25) is 0 Å². The molecule has 0 bridgehead atoms. The third kappa shape index (κ3) is 2.52. The molecule has 0 aliphatic heterocycles. The molecule has 0 spiro atoms. The minimum absolute atomic E-state index is 0.743. The molecule has 3 aromatic carbocycles. The molecular formula is C17H15N3. The zero-order valence-corrected chi connectivity index (χ0v) is 11.2. The molecule has 0 fully saturated rings. The van der Waals surface area contributed by atoms with Gasteiger partial charge in [-0.3, -0.25) is 0 Å². The minimum atomic E-state index is 0.743. The number of benzene rings is 3. The van der Waals surface area contributed by atoms with Crippen molar-refractivity contribution in [1.29, 1.82) is 0 Å². The summed E-state index contributed by atoms with van der Waals surface area (Å²) in [4.78, 5) is 0. The Bertz CT molecular complexity index is 791. The van der Waals surface area contributed by atoms with Gasteiger partial charge in [-0.15, -0.1) is 0 Å². The summed E-state index contributed by atoms with van der Waals surface area (Å²) in [5.74, 6) is 0. The van der Waals surface area contributed by atoms with Crippen LogP contribution in [0.4, 0.5) is 17.1 Å². The molecule has 98 valence electrons. The summed E-state index contributed by atoms with van der Waals surface area (Å²) in [6.45, 7) is 1.98. The first-order valence-electron chi connectivity index (χ1n) is 6.49. The Hall–Kier alpha value is -2.68. The maximum absolute atomic E-state index is 5.72. The lowest BCUT2D eigenvalue weighted by molar-refractivity contribution is 1.21. The largest absolute Gasteiger partial charge is 0.399 e. The first-order chi connectivity index (χ1) is 9.72. The molecule has 0 aromatic heterocycles. The van der Waals surface area contributed by atoms with Crippen LogP contribution < -0.4 is 5.73 Å². The van der Waals surface area contributed by atoms with Crippen molar-refractivity contribution in [3.8, 4) is 0 Å².